The van der Waals surface area contributed by atoms with Crippen molar-refractivity contribution in [1.82, 2.24) is 5.43 Å². The molecule has 0 aliphatic carbocycles. The molecule has 1 amide bonds. The Kier molecular flexibility index (Phi) is 4.58. The number of carbonyl (C=O) groups excluding carboxylic acids is 1. The highest BCUT2D eigenvalue weighted by molar-refractivity contribution is 5.77. The molecule has 0 rings (SSSR count). The summed E-state index contributed by atoms with van der Waals surface area (Å²) in [5.74, 6) is 4.96. The standard InChI is InChI=1S/C4H11N5O2/c5-3(9-7)8-1-2-11-4(6)10/h1-2,7H2,(H2,6,10)(H3,5,8,9). The highest BCUT2D eigenvalue weighted by atomic mass is 16.5. The van der Waals surface area contributed by atoms with Gasteiger partial charge in [0.05, 0.1) is 6.54 Å². The number of rotatable bonds is 3. The minimum Gasteiger partial charge on any atom is -0.448 e. The number of carbonyl (C=O) groups is 1. The summed E-state index contributed by atoms with van der Waals surface area (Å²) in [5, 5.41) is 0. The topological polar surface area (TPSA) is 129 Å². The number of amides is 1. The molecule has 7 nitrogen and oxygen atoms in total. The first kappa shape index (κ1) is 9.50. The highest BCUT2D eigenvalue weighted by Crippen LogP contribution is 1.74. The minimum absolute atomic E-state index is 0.0815. The summed E-state index contributed by atoms with van der Waals surface area (Å²) in [6.45, 7) is 0.330. The number of ether oxygens (including phenoxy) is 1. The van der Waals surface area contributed by atoms with Gasteiger partial charge in [0, 0.05) is 0 Å². The zero-order chi connectivity index (χ0) is 8.69. The van der Waals surface area contributed by atoms with Crippen LogP contribution in [0.1, 0.15) is 0 Å². The van der Waals surface area contributed by atoms with E-state index in [-0.39, 0.29) is 19.1 Å². The Bertz CT molecular complexity index is 157. The minimum atomic E-state index is -0.834. The Balaban J connectivity index is 3.33. The Morgan fingerprint density at radius 1 is 1.55 bits per heavy atom. The Morgan fingerprint density at radius 2 is 2.18 bits per heavy atom. The van der Waals surface area contributed by atoms with Crippen LogP contribution in [0.5, 0.6) is 0 Å². The number of guanidine groups is 1. The number of hydrazine groups is 1. The molecule has 0 aliphatic heterocycles. The van der Waals surface area contributed by atoms with Gasteiger partial charge in [-0.15, -0.1) is 0 Å². The lowest BCUT2D eigenvalue weighted by atomic mass is 10.7. The summed E-state index contributed by atoms with van der Waals surface area (Å²) in [6.07, 6.45) is -0.834. The lowest BCUT2D eigenvalue weighted by molar-refractivity contribution is 0.160. The van der Waals surface area contributed by atoms with Gasteiger partial charge in [-0.3, -0.25) is 5.43 Å². The Morgan fingerprint density at radius 3 is 2.64 bits per heavy atom. The van der Waals surface area contributed by atoms with Crippen LogP contribution in [0.2, 0.25) is 0 Å². The van der Waals surface area contributed by atoms with Gasteiger partial charge in [-0.1, -0.05) is 0 Å². The molecule has 64 valence electrons. The maximum atomic E-state index is 9.99. The predicted molar refractivity (Wildman–Crippen MR) is 39.3 cm³/mol. The van der Waals surface area contributed by atoms with E-state index in [0.29, 0.717) is 0 Å². The molecule has 0 aromatic rings. The third-order valence-electron chi connectivity index (χ3n) is 0.766. The van der Waals surface area contributed by atoms with E-state index in [1.165, 1.54) is 0 Å². The van der Waals surface area contributed by atoms with Crippen molar-refractivity contribution in [3.8, 4) is 0 Å². The fraction of sp³-hybridized carbons (Fsp3) is 0.500. The van der Waals surface area contributed by atoms with Crippen molar-refractivity contribution in [2.45, 2.75) is 0 Å². The molecule has 0 aromatic carbocycles. The molecule has 0 spiro atoms. The van der Waals surface area contributed by atoms with Crippen molar-refractivity contribution < 1.29 is 9.53 Å². The number of hydrogen-bond donors (Lipinski definition) is 4. The highest BCUT2D eigenvalue weighted by Gasteiger charge is 1.91. The van der Waals surface area contributed by atoms with Crippen LogP contribution in [0.4, 0.5) is 4.79 Å². The van der Waals surface area contributed by atoms with Crippen LogP contribution in [-0.2, 0) is 4.74 Å². The lowest BCUT2D eigenvalue weighted by Crippen LogP contribution is -2.37. The summed E-state index contributed by atoms with van der Waals surface area (Å²) < 4.78 is 4.34. The van der Waals surface area contributed by atoms with Crippen molar-refractivity contribution in [3.63, 3.8) is 0 Å². The number of nitrogens with one attached hydrogen (secondary N) is 1. The average Bonchev–Trinajstić information content (AvgIpc) is 1.97. The monoisotopic (exact) mass is 161 g/mol. The van der Waals surface area contributed by atoms with E-state index in [1.54, 1.807) is 0 Å². The van der Waals surface area contributed by atoms with Crippen LogP contribution in [0.25, 0.3) is 0 Å². The van der Waals surface area contributed by atoms with Crippen molar-refractivity contribution in [3.05, 3.63) is 0 Å². The van der Waals surface area contributed by atoms with E-state index in [4.69, 9.17) is 11.6 Å². The summed E-state index contributed by atoms with van der Waals surface area (Å²) in [5.41, 5.74) is 11.9. The molecule has 0 heterocycles. The number of primary amides is 1. The second-order valence-electron chi connectivity index (χ2n) is 1.58. The van der Waals surface area contributed by atoms with Gasteiger partial charge in [0.2, 0.25) is 5.96 Å². The first-order valence-corrected chi connectivity index (χ1v) is 2.85. The SMILES string of the molecule is NNC(N)=NCCOC(N)=O. The van der Waals surface area contributed by atoms with Crippen molar-refractivity contribution in [1.29, 1.82) is 0 Å². The van der Waals surface area contributed by atoms with Crippen LogP contribution < -0.4 is 22.7 Å². The quantitative estimate of drug-likeness (QED) is 0.123. The second-order valence-corrected chi connectivity index (χ2v) is 1.58. The molecule has 0 fully saturated rings. The number of aliphatic imine (C=N–C) groups is 1. The first-order valence-electron chi connectivity index (χ1n) is 2.85. The smallest absolute Gasteiger partial charge is 0.404 e. The van der Waals surface area contributed by atoms with Gasteiger partial charge in [-0.05, 0) is 0 Å². The zero-order valence-electron chi connectivity index (χ0n) is 5.91. The molecule has 0 saturated heterocycles. The number of nitrogens with zero attached hydrogens (tertiary/aromatic N) is 1. The third kappa shape index (κ3) is 6.38. The first-order chi connectivity index (χ1) is 5.16. The molecule has 0 aliphatic rings. The third-order valence-corrected chi connectivity index (χ3v) is 0.766. The van der Waals surface area contributed by atoms with E-state index < -0.39 is 6.09 Å². The molecule has 0 atom stereocenters. The summed E-state index contributed by atoms with van der Waals surface area (Å²) in [6, 6.07) is 0. The zero-order valence-corrected chi connectivity index (χ0v) is 5.91. The van der Waals surface area contributed by atoms with Gasteiger partial charge in [0.25, 0.3) is 0 Å². The van der Waals surface area contributed by atoms with Crippen LogP contribution in [-0.4, -0.2) is 25.2 Å². The van der Waals surface area contributed by atoms with E-state index >= 15 is 0 Å². The lowest BCUT2D eigenvalue weighted by Gasteiger charge is -1.98. The molecule has 7 heteroatoms. The van der Waals surface area contributed by atoms with Gasteiger partial charge in [-0.2, -0.15) is 0 Å². The fourth-order valence-electron chi connectivity index (χ4n) is 0.358. The van der Waals surface area contributed by atoms with E-state index in [0.717, 1.165) is 0 Å². The Hall–Kier alpha value is -1.50. The van der Waals surface area contributed by atoms with Gasteiger partial charge < -0.3 is 16.2 Å². The number of hydrogen-bond acceptors (Lipinski definition) is 4. The van der Waals surface area contributed by atoms with Crippen LogP contribution in [0.15, 0.2) is 4.99 Å². The maximum absolute atomic E-state index is 9.99. The van der Waals surface area contributed by atoms with Gasteiger partial charge >= 0.3 is 6.09 Å². The van der Waals surface area contributed by atoms with Crippen molar-refractivity contribution >= 4 is 12.1 Å². The molecular formula is C4H11N5O2. The predicted octanol–water partition coefficient (Wildman–Crippen LogP) is -2.14. The van der Waals surface area contributed by atoms with E-state index in [1.807, 2.05) is 0 Å². The summed E-state index contributed by atoms with van der Waals surface area (Å²) in [7, 11) is 0. The fourth-order valence-corrected chi connectivity index (χ4v) is 0.358. The van der Waals surface area contributed by atoms with Gasteiger partial charge in [-0.25, -0.2) is 15.6 Å². The average molecular weight is 161 g/mol. The van der Waals surface area contributed by atoms with Crippen LogP contribution in [0, 0.1) is 0 Å². The summed E-state index contributed by atoms with van der Waals surface area (Å²) >= 11 is 0. The molecule has 0 aromatic heterocycles. The van der Waals surface area contributed by atoms with Gasteiger partial charge in [0.1, 0.15) is 6.61 Å². The second kappa shape index (κ2) is 5.30. The summed E-state index contributed by atoms with van der Waals surface area (Å²) in [4.78, 5) is 13.6. The van der Waals surface area contributed by atoms with Crippen LogP contribution >= 0.6 is 0 Å². The van der Waals surface area contributed by atoms with Crippen molar-refractivity contribution in [2.24, 2.45) is 22.3 Å². The van der Waals surface area contributed by atoms with E-state index in [2.05, 4.69) is 20.9 Å². The van der Waals surface area contributed by atoms with Gasteiger partial charge in [0.15, 0.2) is 0 Å². The largest absolute Gasteiger partial charge is 0.448 e. The molecule has 0 radical (unpaired) electrons. The molecule has 0 saturated carbocycles. The normalized spacial score (nSPS) is 10.8. The molecule has 0 bridgehead atoms. The number of nitrogens with two attached hydrogens (primary N) is 3. The molecular weight excluding hydrogens is 150 g/mol. The van der Waals surface area contributed by atoms with Crippen LogP contribution in [0.3, 0.4) is 0 Å². The van der Waals surface area contributed by atoms with Crippen molar-refractivity contribution in [2.75, 3.05) is 13.2 Å². The maximum Gasteiger partial charge on any atom is 0.404 e. The molecule has 0 unspecified atom stereocenters. The molecule has 11 heavy (non-hydrogen) atoms. The van der Waals surface area contributed by atoms with E-state index in [9.17, 15) is 4.79 Å². The Labute approximate surface area is 63.5 Å². The molecule has 7 N–H and O–H groups in total.